The number of nitrogens with one attached hydrogen (secondary N) is 1. The quantitative estimate of drug-likeness (QED) is 0.852. The summed E-state index contributed by atoms with van der Waals surface area (Å²) in [7, 11) is 2.08. The molecule has 1 N–H and O–H groups in total. The van der Waals surface area contributed by atoms with Crippen LogP contribution in [0.4, 0.5) is 0 Å². The number of likely N-dealkylation sites (tertiary alicyclic amines) is 1. The van der Waals surface area contributed by atoms with Crippen molar-refractivity contribution in [3.63, 3.8) is 0 Å². The Kier molecular flexibility index (Phi) is 4.42. The highest BCUT2D eigenvalue weighted by molar-refractivity contribution is 5.32. The van der Waals surface area contributed by atoms with Gasteiger partial charge >= 0.3 is 0 Å². The van der Waals surface area contributed by atoms with Gasteiger partial charge in [0.05, 0.1) is 0 Å². The Balaban J connectivity index is 1.84. The Hall–Kier alpha value is -0.860. The van der Waals surface area contributed by atoms with Crippen molar-refractivity contribution in [3.8, 4) is 0 Å². The molecule has 20 heavy (non-hydrogen) atoms. The van der Waals surface area contributed by atoms with Crippen molar-refractivity contribution in [1.29, 1.82) is 0 Å². The predicted molar refractivity (Wildman–Crippen MR) is 85.1 cm³/mol. The van der Waals surface area contributed by atoms with E-state index < -0.39 is 0 Å². The first kappa shape index (κ1) is 14.1. The second kappa shape index (κ2) is 6.28. The largest absolute Gasteiger partial charge is 0.319 e. The zero-order valence-corrected chi connectivity index (χ0v) is 12.9. The summed E-state index contributed by atoms with van der Waals surface area (Å²) in [4.78, 5) is 2.70. The van der Waals surface area contributed by atoms with Crippen LogP contribution in [0.1, 0.15) is 55.7 Å². The molecule has 1 saturated heterocycles. The summed E-state index contributed by atoms with van der Waals surface area (Å²) >= 11 is 0. The number of benzene rings is 1. The fourth-order valence-corrected chi connectivity index (χ4v) is 3.84. The smallest absolute Gasteiger partial charge is 0.0388 e. The fourth-order valence-electron chi connectivity index (χ4n) is 3.84. The van der Waals surface area contributed by atoms with E-state index in [1.165, 1.54) is 38.8 Å². The summed E-state index contributed by atoms with van der Waals surface area (Å²) in [6, 6.07) is 10.1. The van der Waals surface area contributed by atoms with Gasteiger partial charge in [-0.05, 0) is 75.3 Å². The van der Waals surface area contributed by atoms with Crippen molar-refractivity contribution in [2.24, 2.45) is 5.92 Å². The molecule has 0 bridgehead atoms. The zero-order valence-electron chi connectivity index (χ0n) is 12.9. The molecule has 2 aliphatic rings. The lowest BCUT2D eigenvalue weighted by atomic mass is 9.92. The Morgan fingerprint density at radius 3 is 2.70 bits per heavy atom. The molecule has 1 aromatic carbocycles. The molecule has 1 saturated carbocycles. The molecule has 2 fully saturated rings. The molecule has 2 heteroatoms. The van der Waals surface area contributed by atoms with Gasteiger partial charge in [0.25, 0.3) is 0 Å². The lowest BCUT2D eigenvalue weighted by Gasteiger charge is -2.29. The van der Waals surface area contributed by atoms with Gasteiger partial charge in [-0.1, -0.05) is 31.2 Å². The van der Waals surface area contributed by atoms with Crippen molar-refractivity contribution in [3.05, 3.63) is 35.4 Å². The minimum atomic E-state index is 0.626. The summed E-state index contributed by atoms with van der Waals surface area (Å²) in [5.74, 6) is 1.62. The van der Waals surface area contributed by atoms with E-state index in [-0.39, 0.29) is 0 Å². The Labute approximate surface area is 123 Å². The lowest BCUT2D eigenvalue weighted by Crippen LogP contribution is -2.29. The van der Waals surface area contributed by atoms with Gasteiger partial charge in [0.2, 0.25) is 0 Å². The summed E-state index contributed by atoms with van der Waals surface area (Å²) in [5.41, 5.74) is 3.13. The highest BCUT2D eigenvalue weighted by Gasteiger charge is 2.34. The summed E-state index contributed by atoms with van der Waals surface area (Å²) < 4.78 is 0. The molecule has 2 atom stereocenters. The van der Waals surface area contributed by atoms with E-state index >= 15 is 0 Å². The van der Waals surface area contributed by atoms with Gasteiger partial charge < -0.3 is 5.32 Å². The third-order valence-corrected chi connectivity index (χ3v) is 4.91. The summed E-state index contributed by atoms with van der Waals surface area (Å²) in [5, 5.41) is 3.40. The maximum Gasteiger partial charge on any atom is 0.0388 e. The lowest BCUT2D eigenvalue weighted by molar-refractivity contribution is 0.227. The van der Waals surface area contributed by atoms with Gasteiger partial charge in [-0.2, -0.15) is 0 Å². The van der Waals surface area contributed by atoms with Gasteiger partial charge in [-0.15, -0.1) is 0 Å². The van der Waals surface area contributed by atoms with E-state index in [4.69, 9.17) is 0 Å². The Bertz CT molecular complexity index is 425. The topological polar surface area (TPSA) is 15.3 Å². The van der Waals surface area contributed by atoms with Crippen molar-refractivity contribution in [2.45, 2.75) is 44.6 Å². The van der Waals surface area contributed by atoms with E-state index in [9.17, 15) is 0 Å². The molecule has 3 rings (SSSR count). The molecule has 110 valence electrons. The molecular formula is C18H28N2. The molecule has 2 nitrogen and oxygen atoms in total. The van der Waals surface area contributed by atoms with Crippen molar-refractivity contribution in [1.82, 2.24) is 10.2 Å². The van der Waals surface area contributed by atoms with Crippen molar-refractivity contribution >= 4 is 0 Å². The van der Waals surface area contributed by atoms with Crippen LogP contribution in [0, 0.1) is 5.92 Å². The first-order valence-corrected chi connectivity index (χ1v) is 8.32. The van der Waals surface area contributed by atoms with E-state index in [0.717, 1.165) is 18.4 Å². The van der Waals surface area contributed by atoms with Crippen LogP contribution >= 0.6 is 0 Å². The van der Waals surface area contributed by atoms with Crippen LogP contribution in [0.2, 0.25) is 0 Å². The van der Waals surface area contributed by atoms with E-state index in [1.54, 1.807) is 11.1 Å². The average Bonchev–Trinajstić information content (AvgIpc) is 3.24. The van der Waals surface area contributed by atoms with Crippen LogP contribution in [0.15, 0.2) is 24.3 Å². The molecule has 0 radical (unpaired) electrons. The minimum absolute atomic E-state index is 0.626. The zero-order chi connectivity index (χ0) is 13.9. The number of hydrogen-bond donors (Lipinski definition) is 1. The molecule has 2 unspecified atom stereocenters. The molecule has 1 aliphatic carbocycles. The van der Waals surface area contributed by atoms with Crippen LogP contribution in [-0.4, -0.2) is 31.6 Å². The fraction of sp³-hybridized carbons (Fsp3) is 0.667. The number of hydrogen-bond acceptors (Lipinski definition) is 2. The van der Waals surface area contributed by atoms with Crippen molar-refractivity contribution < 1.29 is 0 Å². The van der Waals surface area contributed by atoms with Gasteiger partial charge in [0, 0.05) is 6.04 Å². The van der Waals surface area contributed by atoms with Crippen LogP contribution in [0.5, 0.6) is 0 Å². The monoisotopic (exact) mass is 272 g/mol. The highest BCUT2D eigenvalue weighted by atomic mass is 15.2. The minimum Gasteiger partial charge on any atom is -0.319 e. The third-order valence-electron chi connectivity index (χ3n) is 4.91. The number of rotatable bonds is 6. The molecule has 1 aromatic rings. The average molecular weight is 272 g/mol. The predicted octanol–water partition coefficient (Wildman–Crippen LogP) is 3.56. The summed E-state index contributed by atoms with van der Waals surface area (Å²) in [6.45, 7) is 5.93. The van der Waals surface area contributed by atoms with Gasteiger partial charge in [-0.25, -0.2) is 0 Å². The van der Waals surface area contributed by atoms with Gasteiger partial charge in [0.1, 0.15) is 0 Å². The molecule has 1 aliphatic heterocycles. The first-order chi connectivity index (χ1) is 9.83. The van der Waals surface area contributed by atoms with E-state index in [1.807, 2.05) is 0 Å². The second-order valence-electron chi connectivity index (χ2n) is 6.53. The standard InChI is InChI=1S/C18H28N2/c1-3-10-20-11-9-17(13-19-2)18(20)16-6-4-5-15(12-16)14-7-8-14/h4-6,12,14,17-19H,3,7-11,13H2,1-2H3. The van der Waals surface area contributed by atoms with E-state index in [2.05, 4.69) is 48.5 Å². The van der Waals surface area contributed by atoms with Crippen LogP contribution in [-0.2, 0) is 0 Å². The highest BCUT2D eigenvalue weighted by Crippen LogP contribution is 2.43. The molecule has 1 heterocycles. The van der Waals surface area contributed by atoms with Crippen LogP contribution in [0.3, 0.4) is 0 Å². The van der Waals surface area contributed by atoms with Crippen LogP contribution in [0.25, 0.3) is 0 Å². The number of nitrogens with zero attached hydrogens (tertiary/aromatic N) is 1. The normalized spacial score (nSPS) is 27.1. The Morgan fingerprint density at radius 2 is 2.00 bits per heavy atom. The van der Waals surface area contributed by atoms with Gasteiger partial charge in [0.15, 0.2) is 0 Å². The van der Waals surface area contributed by atoms with Crippen LogP contribution < -0.4 is 5.32 Å². The summed E-state index contributed by atoms with van der Waals surface area (Å²) in [6.07, 6.45) is 5.38. The molecular weight excluding hydrogens is 244 g/mol. The third kappa shape index (κ3) is 2.91. The SMILES string of the molecule is CCCN1CCC(CNC)C1c1cccc(C2CC2)c1. The van der Waals surface area contributed by atoms with Gasteiger partial charge in [-0.3, -0.25) is 4.90 Å². The molecule has 0 aromatic heterocycles. The molecule has 0 spiro atoms. The van der Waals surface area contributed by atoms with Crippen molar-refractivity contribution in [2.75, 3.05) is 26.7 Å². The maximum atomic E-state index is 3.40. The maximum absolute atomic E-state index is 3.40. The first-order valence-electron chi connectivity index (χ1n) is 8.32. The Morgan fingerprint density at radius 1 is 1.20 bits per heavy atom. The second-order valence-corrected chi connectivity index (χ2v) is 6.53. The van der Waals surface area contributed by atoms with E-state index in [0.29, 0.717) is 6.04 Å². The molecule has 0 amide bonds.